The van der Waals surface area contributed by atoms with Crippen molar-refractivity contribution in [3.8, 4) is 0 Å². The van der Waals surface area contributed by atoms with Gasteiger partial charge in [-0.2, -0.15) is 0 Å². The van der Waals surface area contributed by atoms with Crippen molar-refractivity contribution in [2.24, 2.45) is 5.92 Å². The molecule has 1 nitrogen and oxygen atoms in total. The van der Waals surface area contributed by atoms with E-state index in [9.17, 15) is 4.39 Å². The Balaban J connectivity index is 2.80. The number of nitrogens with one attached hydrogen (secondary N) is 1. The fraction of sp³-hybridized carbons (Fsp3) is 0.571. The maximum Gasteiger partial charge on any atom is 0.127 e. The number of benzene rings is 1. The summed E-state index contributed by atoms with van der Waals surface area (Å²) in [7, 11) is 1.96. The first-order valence-corrected chi connectivity index (χ1v) is 7.02. The minimum atomic E-state index is -0.120. The van der Waals surface area contributed by atoms with E-state index >= 15 is 0 Å². The quantitative estimate of drug-likeness (QED) is 0.832. The summed E-state index contributed by atoms with van der Waals surface area (Å²) < 4.78 is 14.6. The number of likely N-dealkylation sites (N-methyl/N-ethyl adjacent to an activating group) is 1. The van der Waals surface area contributed by atoms with E-state index in [1.54, 1.807) is 0 Å². The van der Waals surface area contributed by atoms with E-state index in [2.05, 4.69) is 35.1 Å². The normalized spacial score (nSPS) is 13.1. The molecule has 3 heteroatoms. The van der Waals surface area contributed by atoms with Crippen LogP contribution in [0.5, 0.6) is 0 Å². The van der Waals surface area contributed by atoms with E-state index in [0.717, 1.165) is 29.3 Å². The Morgan fingerprint density at radius 2 is 1.94 bits per heavy atom. The average molecular weight is 302 g/mol. The number of rotatable bonds is 6. The molecule has 0 heterocycles. The Labute approximate surface area is 112 Å². The van der Waals surface area contributed by atoms with Crippen molar-refractivity contribution in [2.75, 3.05) is 7.05 Å². The molecular weight excluding hydrogens is 281 g/mol. The number of hydrogen-bond acceptors (Lipinski definition) is 1. The first kappa shape index (κ1) is 14.7. The van der Waals surface area contributed by atoms with E-state index < -0.39 is 0 Å². The smallest absolute Gasteiger partial charge is 0.127 e. The van der Waals surface area contributed by atoms with Crippen LogP contribution in [0.4, 0.5) is 4.39 Å². The van der Waals surface area contributed by atoms with E-state index in [1.807, 2.05) is 19.2 Å². The van der Waals surface area contributed by atoms with Crippen LogP contribution in [0.3, 0.4) is 0 Å². The molecule has 0 aliphatic carbocycles. The minimum Gasteiger partial charge on any atom is -0.316 e. The third-order valence-electron chi connectivity index (χ3n) is 3.44. The van der Waals surface area contributed by atoms with Crippen LogP contribution in [0.25, 0.3) is 0 Å². The van der Waals surface area contributed by atoms with Crippen molar-refractivity contribution >= 4 is 15.9 Å². The van der Waals surface area contributed by atoms with Crippen molar-refractivity contribution in [3.05, 3.63) is 34.1 Å². The maximum absolute atomic E-state index is 13.8. The summed E-state index contributed by atoms with van der Waals surface area (Å²) >= 11 is 3.28. The van der Waals surface area contributed by atoms with Crippen LogP contribution in [0.2, 0.25) is 0 Å². The van der Waals surface area contributed by atoms with Gasteiger partial charge >= 0.3 is 0 Å². The lowest BCUT2D eigenvalue weighted by Gasteiger charge is -2.25. The zero-order valence-corrected chi connectivity index (χ0v) is 12.3. The lowest BCUT2D eigenvalue weighted by molar-refractivity contribution is 0.346. The van der Waals surface area contributed by atoms with E-state index in [4.69, 9.17) is 0 Å². The highest BCUT2D eigenvalue weighted by Crippen LogP contribution is 2.21. The molecule has 1 aromatic carbocycles. The highest BCUT2D eigenvalue weighted by atomic mass is 79.9. The van der Waals surface area contributed by atoms with E-state index in [-0.39, 0.29) is 5.82 Å². The Morgan fingerprint density at radius 1 is 1.29 bits per heavy atom. The van der Waals surface area contributed by atoms with Gasteiger partial charge in [0.1, 0.15) is 5.82 Å². The Morgan fingerprint density at radius 3 is 2.41 bits per heavy atom. The molecule has 0 bridgehead atoms. The van der Waals surface area contributed by atoms with Gasteiger partial charge in [0.15, 0.2) is 0 Å². The molecule has 0 aliphatic rings. The highest BCUT2D eigenvalue weighted by Gasteiger charge is 2.18. The third kappa shape index (κ3) is 4.07. The van der Waals surface area contributed by atoms with Gasteiger partial charge < -0.3 is 5.32 Å². The molecule has 0 aliphatic heterocycles. The molecule has 1 atom stereocenters. The van der Waals surface area contributed by atoms with Gasteiger partial charge in [0.05, 0.1) is 0 Å². The molecule has 17 heavy (non-hydrogen) atoms. The molecule has 0 amide bonds. The van der Waals surface area contributed by atoms with Crippen molar-refractivity contribution in [2.45, 2.75) is 39.2 Å². The Kier molecular flexibility index (Phi) is 6.14. The maximum atomic E-state index is 13.8. The standard InChI is InChI=1S/C14H21BrFN/c1-4-10(5-2)14(17-3)8-11-6-7-12(15)9-13(11)16/h6-7,9-10,14,17H,4-5,8H2,1-3H3. The Hall–Kier alpha value is -0.410. The van der Waals surface area contributed by atoms with Crippen LogP contribution in [0.15, 0.2) is 22.7 Å². The van der Waals surface area contributed by atoms with Gasteiger partial charge in [-0.05, 0) is 37.1 Å². The summed E-state index contributed by atoms with van der Waals surface area (Å²) in [5, 5.41) is 3.32. The molecule has 0 fully saturated rings. The predicted octanol–water partition coefficient (Wildman–Crippen LogP) is 4.15. The molecule has 1 unspecified atom stereocenters. The first-order chi connectivity index (χ1) is 8.12. The predicted molar refractivity (Wildman–Crippen MR) is 74.7 cm³/mol. The minimum absolute atomic E-state index is 0.120. The summed E-state index contributed by atoms with van der Waals surface area (Å²) in [6, 6.07) is 5.65. The van der Waals surface area contributed by atoms with Crippen LogP contribution in [0.1, 0.15) is 32.3 Å². The molecule has 0 saturated heterocycles. The zero-order valence-electron chi connectivity index (χ0n) is 10.8. The van der Waals surface area contributed by atoms with Gasteiger partial charge in [-0.25, -0.2) is 4.39 Å². The summed E-state index contributed by atoms with van der Waals surface area (Å²) in [6.07, 6.45) is 3.00. The van der Waals surface area contributed by atoms with Crippen molar-refractivity contribution in [3.63, 3.8) is 0 Å². The molecule has 96 valence electrons. The Bertz CT molecular complexity index is 350. The number of hydrogen-bond donors (Lipinski definition) is 1. The largest absolute Gasteiger partial charge is 0.316 e. The van der Waals surface area contributed by atoms with Crippen LogP contribution in [-0.4, -0.2) is 13.1 Å². The van der Waals surface area contributed by atoms with E-state index in [0.29, 0.717) is 12.0 Å². The lowest BCUT2D eigenvalue weighted by atomic mass is 9.89. The van der Waals surface area contributed by atoms with Crippen LogP contribution < -0.4 is 5.32 Å². The SMILES string of the molecule is CCC(CC)C(Cc1ccc(Br)cc1F)NC. The second-order valence-electron chi connectivity index (χ2n) is 4.41. The van der Waals surface area contributed by atoms with Crippen LogP contribution >= 0.6 is 15.9 Å². The molecule has 1 rings (SSSR count). The molecule has 0 saturated carbocycles. The van der Waals surface area contributed by atoms with E-state index in [1.165, 1.54) is 6.07 Å². The topological polar surface area (TPSA) is 12.0 Å². The molecule has 0 spiro atoms. The zero-order chi connectivity index (χ0) is 12.8. The molecule has 1 N–H and O–H groups in total. The second kappa shape index (κ2) is 7.12. The van der Waals surface area contributed by atoms with Gasteiger partial charge in [-0.1, -0.05) is 48.7 Å². The van der Waals surface area contributed by atoms with Crippen molar-refractivity contribution in [1.82, 2.24) is 5.32 Å². The highest BCUT2D eigenvalue weighted by molar-refractivity contribution is 9.10. The number of halogens is 2. The van der Waals surface area contributed by atoms with Gasteiger partial charge in [0.2, 0.25) is 0 Å². The summed E-state index contributed by atoms with van der Waals surface area (Å²) in [4.78, 5) is 0. The molecular formula is C14H21BrFN. The lowest BCUT2D eigenvalue weighted by Crippen LogP contribution is -2.35. The fourth-order valence-corrected chi connectivity index (χ4v) is 2.62. The third-order valence-corrected chi connectivity index (χ3v) is 3.94. The summed E-state index contributed by atoms with van der Waals surface area (Å²) in [5.74, 6) is 0.480. The molecule has 1 aromatic rings. The van der Waals surface area contributed by atoms with Gasteiger partial charge in [0.25, 0.3) is 0 Å². The summed E-state index contributed by atoms with van der Waals surface area (Å²) in [5.41, 5.74) is 0.791. The fourth-order valence-electron chi connectivity index (χ4n) is 2.29. The monoisotopic (exact) mass is 301 g/mol. The molecule has 0 aromatic heterocycles. The van der Waals surface area contributed by atoms with Crippen molar-refractivity contribution in [1.29, 1.82) is 0 Å². The van der Waals surface area contributed by atoms with Gasteiger partial charge in [-0.15, -0.1) is 0 Å². The van der Waals surface area contributed by atoms with Crippen LogP contribution in [0, 0.1) is 11.7 Å². The van der Waals surface area contributed by atoms with Crippen molar-refractivity contribution < 1.29 is 4.39 Å². The first-order valence-electron chi connectivity index (χ1n) is 6.23. The second-order valence-corrected chi connectivity index (χ2v) is 5.33. The van der Waals surface area contributed by atoms with Crippen LogP contribution in [-0.2, 0) is 6.42 Å². The van der Waals surface area contributed by atoms with Gasteiger partial charge in [0, 0.05) is 10.5 Å². The summed E-state index contributed by atoms with van der Waals surface area (Å²) in [6.45, 7) is 4.38. The average Bonchev–Trinajstić information content (AvgIpc) is 2.32. The van der Waals surface area contributed by atoms with Gasteiger partial charge in [-0.3, -0.25) is 0 Å². The molecule has 0 radical (unpaired) electrons.